The van der Waals surface area contributed by atoms with E-state index in [4.69, 9.17) is 16.3 Å². The molecule has 0 spiro atoms. The lowest BCUT2D eigenvalue weighted by Gasteiger charge is -2.39. The lowest BCUT2D eigenvalue weighted by molar-refractivity contribution is 0.0829. The van der Waals surface area contributed by atoms with Crippen LogP contribution in [0.2, 0.25) is 5.02 Å². The minimum Gasteiger partial charge on any atom is -0.449 e. The van der Waals surface area contributed by atoms with E-state index in [9.17, 15) is 22.0 Å². The predicted octanol–water partition coefficient (Wildman–Crippen LogP) is 5.07. The van der Waals surface area contributed by atoms with Crippen molar-refractivity contribution in [2.75, 3.05) is 24.0 Å². The highest BCUT2D eigenvalue weighted by molar-refractivity contribution is 7.92. The first-order valence-electron chi connectivity index (χ1n) is 10.3. The maximum absolute atomic E-state index is 14.8. The van der Waals surface area contributed by atoms with Gasteiger partial charge in [-0.1, -0.05) is 25.4 Å². The van der Waals surface area contributed by atoms with Crippen molar-refractivity contribution in [3.8, 4) is 0 Å². The second-order valence-corrected chi connectivity index (χ2v) is 10.3. The highest BCUT2D eigenvalue weighted by Crippen LogP contribution is 2.33. The van der Waals surface area contributed by atoms with Crippen molar-refractivity contribution in [3.05, 3.63) is 59.1 Å². The molecule has 2 aromatic carbocycles. The Morgan fingerprint density at radius 3 is 2.56 bits per heavy atom. The molecule has 1 amide bonds. The first-order valence-corrected chi connectivity index (χ1v) is 12.1. The zero-order chi connectivity index (χ0) is 23.5. The van der Waals surface area contributed by atoms with Gasteiger partial charge in [0.15, 0.2) is 0 Å². The smallest absolute Gasteiger partial charge is 0.409 e. The van der Waals surface area contributed by atoms with Crippen LogP contribution >= 0.6 is 11.6 Å². The molecule has 174 valence electrons. The molecule has 1 aliphatic heterocycles. The summed E-state index contributed by atoms with van der Waals surface area (Å²) in [6, 6.07) is 7.26. The number of rotatable bonds is 6. The molecule has 0 saturated carbocycles. The molecule has 6 nitrogen and oxygen atoms in total. The van der Waals surface area contributed by atoms with Crippen LogP contribution in [0.5, 0.6) is 0 Å². The van der Waals surface area contributed by atoms with Gasteiger partial charge in [-0.2, -0.15) is 0 Å². The third kappa shape index (κ3) is 5.50. The Morgan fingerprint density at radius 2 is 1.91 bits per heavy atom. The third-order valence-electron chi connectivity index (χ3n) is 5.04. The third-order valence-corrected chi connectivity index (χ3v) is 7.18. The molecule has 10 heteroatoms. The molecule has 1 heterocycles. The number of carbonyl (C=O) groups excluding carboxylic acids is 1. The van der Waals surface area contributed by atoms with E-state index in [1.54, 1.807) is 0 Å². The Bertz CT molecular complexity index is 1060. The summed E-state index contributed by atoms with van der Waals surface area (Å²) < 4.78 is 62.0. The molecule has 0 bridgehead atoms. The summed E-state index contributed by atoms with van der Waals surface area (Å²) in [5.41, 5.74) is -0.414. The van der Waals surface area contributed by atoms with E-state index in [-0.39, 0.29) is 24.0 Å². The van der Waals surface area contributed by atoms with Gasteiger partial charge in [0.05, 0.1) is 23.2 Å². The largest absolute Gasteiger partial charge is 0.449 e. The van der Waals surface area contributed by atoms with Gasteiger partial charge in [0, 0.05) is 24.2 Å². The standard InChI is InChI=1S/C22H25ClF2N2O4S/c1-15(2)14-31-22(28)26-11-3-4-18(13-26)27(21-12-17(24)7-10-20(21)25)32(29,30)19-8-5-16(23)6-9-19/h5-10,12,15,18H,3-4,11,13-14H2,1-2H3. The van der Waals surface area contributed by atoms with Crippen molar-refractivity contribution >= 4 is 33.4 Å². The van der Waals surface area contributed by atoms with Gasteiger partial charge < -0.3 is 9.64 Å². The van der Waals surface area contributed by atoms with E-state index >= 15 is 0 Å². The summed E-state index contributed by atoms with van der Waals surface area (Å²) in [7, 11) is -4.30. The van der Waals surface area contributed by atoms with E-state index in [0.717, 1.165) is 22.5 Å². The van der Waals surface area contributed by atoms with Gasteiger partial charge in [-0.15, -0.1) is 0 Å². The number of piperidine rings is 1. The second kappa shape index (κ2) is 10.0. The number of ether oxygens (including phenoxy) is 1. The molecule has 2 aromatic rings. The van der Waals surface area contributed by atoms with Crippen LogP contribution in [0, 0.1) is 17.6 Å². The maximum atomic E-state index is 14.8. The lowest BCUT2D eigenvalue weighted by atomic mass is 10.1. The van der Waals surface area contributed by atoms with Crippen molar-refractivity contribution in [1.82, 2.24) is 4.90 Å². The van der Waals surface area contributed by atoms with Crippen molar-refractivity contribution in [2.24, 2.45) is 5.92 Å². The molecule has 0 aromatic heterocycles. The molecular weight excluding hydrogens is 462 g/mol. The molecule has 3 rings (SSSR count). The van der Waals surface area contributed by atoms with E-state index in [1.807, 2.05) is 13.8 Å². The fourth-order valence-electron chi connectivity index (χ4n) is 3.54. The highest BCUT2D eigenvalue weighted by Gasteiger charge is 2.37. The molecule has 0 radical (unpaired) electrons. The Kier molecular flexibility index (Phi) is 7.61. The first-order chi connectivity index (χ1) is 15.1. The van der Waals surface area contributed by atoms with Crippen LogP contribution in [-0.4, -0.2) is 45.1 Å². The summed E-state index contributed by atoms with van der Waals surface area (Å²) in [6.07, 6.45) is 0.272. The van der Waals surface area contributed by atoms with E-state index in [1.165, 1.54) is 29.2 Å². The quantitative estimate of drug-likeness (QED) is 0.571. The van der Waals surface area contributed by atoms with Gasteiger partial charge in [0.25, 0.3) is 10.0 Å². The fraction of sp³-hybridized carbons (Fsp3) is 0.409. The van der Waals surface area contributed by atoms with Crippen LogP contribution in [0.25, 0.3) is 0 Å². The van der Waals surface area contributed by atoms with Gasteiger partial charge in [-0.25, -0.2) is 22.0 Å². The molecule has 1 unspecified atom stereocenters. The molecule has 1 aliphatic rings. The molecular formula is C22H25ClF2N2O4S. The van der Waals surface area contributed by atoms with Crippen LogP contribution in [0.1, 0.15) is 26.7 Å². The number of halogens is 3. The fourth-order valence-corrected chi connectivity index (χ4v) is 5.34. The van der Waals surface area contributed by atoms with Crippen molar-refractivity contribution < 1.29 is 26.7 Å². The Morgan fingerprint density at radius 1 is 1.22 bits per heavy atom. The summed E-state index contributed by atoms with van der Waals surface area (Å²) >= 11 is 5.88. The maximum Gasteiger partial charge on any atom is 0.409 e. The monoisotopic (exact) mass is 486 g/mol. The second-order valence-electron chi connectivity index (χ2n) is 8.06. The van der Waals surface area contributed by atoms with Crippen LogP contribution < -0.4 is 4.31 Å². The number of benzene rings is 2. The number of hydrogen-bond donors (Lipinski definition) is 0. The van der Waals surface area contributed by atoms with Crippen LogP contribution in [-0.2, 0) is 14.8 Å². The van der Waals surface area contributed by atoms with Crippen molar-refractivity contribution in [1.29, 1.82) is 0 Å². The molecule has 0 aliphatic carbocycles. The number of nitrogens with zero attached hydrogens (tertiary/aromatic N) is 2. The normalized spacial score (nSPS) is 16.8. The Labute approximate surface area is 191 Å². The van der Waals surface area contributed by atoms with E-state index in [0.29, 0.717) is 24.4 Å². The van der Waals surface area contributed by atoms with Crippen LogP contribution in [0.3, 0.4) is 0 Å². The number of sulfonamides is 1. The van der Waals surface area contributed by atoms with Crippen LogP contribution in [0.4, 0.5) is 19.3 Å². The summed E-state index contributed by atoms with van der Waals surface area (Å²) in [5, 5.41) is 0.337. The Hall–Kier alpha value is -2.39. The average Bonchev–Trinajstić information content (AvgIpc) is 2.75. The van der Waals surface area contributed by atoms with Crippen molar-refractivity contribution in [2.45, 2.75) is 37.6 Å². The number of hydrogen-bond acceptors (Lipinski definition) is 4. The predicted molar refractivity (Wildman–Crippen MR) is 118 cm³/mol. The van der Waals surface area contributed by atoms with Gasteiger partial charge >= 0.3 is 6.09 Å². The molecule has 1 saturated heterocycles. The average molecular weight is 487 g/mol. The SMILES string of the molecule is CC(C)COC(=O)N1CCCC(N(c2cc(F)ccc2F)S(=O)(=O)c2ccc(Cl)cc2)C1. The number of amides is 1. The minimum atomic E-state index is -4.30. The zero-order valence-electron chi connectivity index (χ0n) is 17.8. The molecule has 1 fully saturated rings. The van der Waals surface area contributed by atoms with Gasteiger partial charge in [0.2, 0.25) is 0 Å². The van der Waals surface area contributed by atoms with E-state index < -0.39 is 39.5 Å². The molecule has 1 atom stereocenters. The zero-order valence-corrected chi connectivity index (χ0v) is 19.4. The lowest BCUT2D eigenvalue weighted by Crippen LogP contribution is -2.52. The van der Waals surface area contributed by atoms with Gasteiger partial charge in [0.1, 0.15) is 11.6 Å². The summed E-state index contributed by atoms with van der Waals surface area (Å²) in [4.78, 5) is 13.8. The van der Waals surface area contributed by atoms with Crippen LogP contribution in [0.15, 0.2) is 47.4 Å². The topological polar surface area (TPSA) is 66.9 Å². The summed E-state index contributed by atoms with van der Waals surface area (Å²) in [5.74, 6) is -1.52. The minimum absolute atomic E-state index is 0.0142. The van der Waals surface area contributed by atoms with E-state index in [2.05, 4.69) is 0 Å². The first kappa shape index (κ1) is 24.3. The number of anilines is 1. The number of likely N-dealkylation sites (tertiary alicyclic amines) is 1. The van der Waals surface area contributed by atoms with Gasteiger partial charge in [-0.3, -0.25) is 4.31 Å². The van der Waals surface area contributed by atoms with Crippen molar-refractivity contribution in [3.63, 3.8) is 0 Å². The Balaban J connectivity index is 2.00. The molecule has 32 heavy (non-hydrogen) atoms. The number of carbonyl (C=O) groups is 1. The highest BCUT2D eigenvalue weighted by atomic mass is 35.5. The summed E-state index contributed by atoms with van der Waals surface area (Å²) in [6.45, 7) is 4.40. The van der Waals surface area contributed by atoms with Gasteiger partial charge in [-0.05, 0) is 55.2 Å². The molecule has 0 N–H and O–H groups in total.